The topological polar surface area (TPSA) is 29.1 Å². The number of hydrogen-bond donors (Lipinski definition) is 1. The van der Waals surface area contributed by atoms with E-state index in [0.717, 1.165) is 20.9 Å². The van der Waals surface area contributed by atoms with Gasteiger partial charge < -0.3 is 5.32 Å². The molecule has 0 radical (unpaired) electrons. The van der Waals surface area contributed by atoms with E-state index in [-0.39, 0.29) is 5.91 Å². The van der Waals surface area contributed by atoms with E-state index >= 15 is 0 Å². The first kappa shape index (κ1) is 14.1. The van der Waals surface area contributed by atoms with Crippen LogP contribution in [0.5, 0.6) is 0 Å². The molecule has 0 spiro atoms. The number of fused-ring (bicyclic) bond motifs is 1. The monoisotopic (exact) mass is 359 g/mol. The molecule has 0 aromatic heterocycles. The van der Waals surface area contributed by atoms with Crippen molar-refractivity contribution in [1.29, 1.82) is 0 Å². The molecule has 3 aromatic rings. The number of amides is 1. The average molecular weight is 361 g/mol. The zero-order valence-electron chi connectivity index (χ0n) is 10.9. The second kappa shape index (κ2) is 5.88. The van der Waals surface area contributed by atoms with Crippen LogP contribution in [-0.2, 0) is 0 Å². The van der Waals surface area contributed by atoms with Crippen molar-refractivity contribution >= 4 is 49.9 Å². The van der Waals surface area contributed by atoms with Gasteiger partial charge in [0.2, 0.25) is 0 Å². The van der Waals surface area contributed by atoms with E-state index in [1.807, 2.05) is 42.5 Å². The maximum Gasteiger partial charge on any atom is 0.255 e. The zero-order valence-corrected chi connectivity index (χ0v) is 13.3. The predicted molar refractivity (Wildman–Crippen MR) is 91.1 cm³/mol. The molecule has 21 heavy (non-hydrogen) atoms. The highest BCUT2D eigenvalue weighted by atomic mass is 79.9. The molecule has 1 N–H and O–H groups in total. The highest BCUT2D eigenvalue weighted by Gasteiger charge is 2.09. The van der Waals surface area contributed by atoms with Crippen molar-refractivity contribution in [1.82, 2.24) is 0 Å². The van der Waals surface area contributed by atoms with Crippen LogP contribution >= 0.6 is 27.5 Å². The summed E-state index contributed by atoms with van der Waals surface area (Å²) < 4.78 is 0.769. The fourth-order valence-electron chi connectivity index (χ4n) is 2.17. The van der Waals surface area contributed by atoms with Crippen LogP contribution in [-0.4, -0.2) is 5.91 Å². The molecule has 0 atom stereocenters. The average Bonchev–Trinajstić information content (AvgIpc) is 2.50. The Morgan fingerprint density at radius 3 is 2.57 bits per heavy atom. The molecule has 0 aliphatic heterocycles. The lowest BCUT2D eigenvalue weighted by Crippen LogP contribution is -2.12. The summed E-state index contributed by atoms with van der Waals surface area (Å²) >= 11 is 9.34. The lowest BCUT2D eigenvalue weighted by molar-refractivity contribution is 0.102. The third kappa shape index (κ3) is 2.94. The Balaban J connectivity index is 1.94. The highest BCUT2D eigenvalue weighted by Crippen LogP contribution is 2.26. The number of anilines is 1. The summed E-state index contributed by atoms with van der Waals surface area (Å²) in [5, 5.41) is 5.55. The molecule has 1 amide bonds. The first-order chi connectivity index (χ1) is 10.1. The Morgan fingerprint density at radius 2 is 1.76 bits per heavy atom. The Kier molecular flexibility index (Phi) is 3.95. The van der Waals surface area contributed by atoms with Crippen LogP contribution in [0.2, 0.25) is 5.02 Å². The molecule has 0 aliphatic rings. The maximum absolute atomic E-state index is 12.3. The Morgan fingerprint density at radius 1 is 1.00 bits per heavy atom. The van der Waals surface area contributed by atoms with Crippen LogP contribution in [0.4, 0.5) is 5.69 Å². The van der Waals surface area contributed by atoms with Gasteiger partial charge in [0.15, 0.2) is 0 Å². The molecule has 3 rings (SSSR count). The van der Waals surface area contributed by atoms with Gasteiger partial charge in [0.25, 0.3) is 5.91 Å². The van der Waals surface area contributed by atoms with E-state index in [1.54, 1.807) is 18.2 Å². The van der Waals surface area contributed by atoms with E-state index in [9.17, 15) is 4.79 Å². The molecule has 0 unspecified atom stereocenters. The van der Waals surface area contributed by atoms with Crippen LogP contribution in [0.3, 0.4) is 0 Å². The largest absolute Gasteiger partial charge is 0.321 e. The van der Waals surface area contributed by atoms with Crippen molar-refractivity contribution in [3.63, 3.8) is 0 Å². The predicted octanol–water partition coefficient (Wildman–Crippen LogP) is 5.51. The van der Waals surface area contributed by atoms with E-state index in [0.29, 0.717) is 10.6 Å². The number of benzene rings is 3. The van der Waals surface area contributed by atoms with E-state index in [2.05, 4.69) is 21.2 Å². The molecular weight excluding hydrogens is 350 g/mol. The highest BCUT2D eigenvalue weighted by molar-refractivity contribution is 9.10. The zero-order chi connectivity index (χ0) is 14.8. The standard InChI is InChI=1S/C17H11BrClNO/c18-14-9-8-12(10-15(14)19)17(21)20-16-7-3-5-11-4-1-2-6-13(11)16/h1-10H,(H,20,21). The summed E-state index contributed by atoms with van der Waals surface area (Å²) in [4.78, 5) is 12.3. The van der Waals surface area contributed by atoms with Gasteiger partial charge in [-0.3, -0.25) is 4.79 Å². The number of carbonyl (C=O) groups is 1. The van der Waals surface area contributed by atoms with Gasteiger partial charge >= 0.3 is 0 Å². The lowest BCUT2D eigenvalue weighted by Gasteiger charge is -2.09. The summed E-state index contributed by atoms with van der Waals surface area (Å²) in [7, 11) is 0. The fourth-order valence-corrected chi connectivity index (χ4v) is 2.59. The van der Waals surface area contributed by atoms with Gasteiger partial charge in [-0.05, 0) is 45.6 Å². The van der Waals surface area contributed by atoms with Gasteiger partial charge in [-0.25, -0.2) is 0 Å². The molecule has 0 aliphatic carbocycles. The Bertz CT molecular complexity index is 827. The molecule has 0 saturated heterocycles. The summed E-state index contributed by atoms with van der Waals surface area (Å²) in [6.45, 7) is 0. The Hall–Kier alpha value is -1.84. The molecule has 0 heterocycles. The third-order valence-corrected chi connectivity index (χ3v) is 4.45. The van der Waals surface area contributed by atoms with E-state index in [1.165, 1.54) is 0 Å². The van der Waals surface area contributed by atoms with Crippen LogP contribution in [0.15, 0.2) is 65.1 Å². The first-order valence-electron chi connectivity index (χ1n) is 6.39. The molecular formula is C17H11BrClNO. The van der Waals surface area contributed by atoms with Crippen molar-refractivity contribution in [2.24, 2.45) is 0 Å². The van der Waals surface area contributed by atoms with E-state index < -0.39 is 0 Å². The number of halogens is 2. The van der Waals surface area contributed by atoms with Crippen molar-refractivity contribution in [3.05, 3.63) is 75.7 Å². The molecule has 0 fully saturated rings. The molecule has 2 nitrogen and oxygen atoms in total. The van der Waals surface area contributed by atoms with Crippen LogP contribution in [0, 0.1) is 0 Å². The van der Waals surface area contributed by atoms with E-state index in [4.69, 9.17) is 11.6 Å². The van der Waals surface area contributed by atoms with Gasteiger partial charge in [0, 0.05) is 21.1 Å². The minimum Gasteiger partial charge on any atom is -0.321 e. The Labute approximate surface area is 135 Å². The smallest absolute Gasteiger partial charge is 0.255 e. The van der Waals surface area contributed by atoms with Crippen molar-refractivity contribution < 1.29 is 4.79 Å². The minimum absolute atomic E-state index is 0.180. The number of hydrogen-bond acceptors (Lipinski definition) is 1. The molecule has 0 bridgehead atoms. The second-order valence-electron chi connectivity index (χ2n) is 4.61. The van der Waals surface area contributed by atoms with Gasteiger partial charge in [0.1, 0.15) is 0 Å². The number of rotatable bonds is 2. The maximum atomic E-state index is 12.3. The summed E-state index contributed by atoms with van der Waals surface area (Å²) in [5.74, 6) is -0.180. The van der Waals surface area contributed by atoms with Crippen LogP contribution < -0.4 is 5.32 Å². The number of nitrogens with one attached hydrogen (secondary N) is 1. The molecule has 0 saturated carbocycles. The normalized spacial score (nSPS) is 10.6. The van der Waals surface area contributed by atoms with Crippen LogP contribution in [0.25, 0.3) is 10.8 Å². The third-order valence-electron chi connectivity index (χ3n) is 3.22. The quantitative estimate of drug-likeness (QED) is 0.641. The fraction of sp³-hybridized carbons (Fsp3) is 0. The minimum atomic E-state index is -0.180. The summed E-state index contributed by atoms with van der Waals surface area (Å²) in [5.41, 5.74) is 1.31. The van der Waals surface area contributed by atoms with Crippen molar-refractivity contribution in [2.45, 2.75) is 0 Å². The van der Waals surface area contributed by atoms with Gasteiger partial charge in [0.05, 0.1) is 5.02 Å². The molecule has 104 valence electrons. The van der Waals surface area contributed by atoms with Gasteiger partial charge in [-0.1, -0.05) is 48.0 Å². The van der Waals surface area contributed by atoms with Gasteiger partial charge in [-0.15, -0.1) is 0 Å². The summed E-state index contributed by atoms with van der Waals surface area (Å²) in [6.07, 6.45) is 0. The van der Waals surface area contributed by atoms with Crippen molar-refractivity contribution in [3.8, 4) is 0 Å². The lowest BCUT2D eigenvalue weighted by atomic mass is 10.1. The van der Waals surface area contributed by atoms with Crippen LogP contribution in [0.1, 0.15) is 10.4 Å². The SMILES string of the molecule is O=C(Nc1cccc2ccccc12)c1ccc(Br)c(Cl)c1. The van der Waals surface area contributed by atoms with Crippen molar-refractivity contribution in [2.75, 3.05) is 5.32 Å². The number of carbonyl (C=O) groups excluding carboxylic acids is 1. The van der Waals surface area contributed by atoms with Gasteiger partial charge in [-0.2, -0.15) is 0 Å². The molecule has 4 heteroatoms. The molecule has 3 aromatic carbocycles. The summed E-state index contributed by atoms with van der Waals surface area (Å²) in [6, 6.07) is 18.9. The second-order valence-corrected chi connectivity index (χ2v) is 5.87. The first-order valence-corrected chi connectivity index (χ1v) is 7.56.